The molecule has 0 saturated heterocycles. The van der Waals surface area contributed by atoms with Gasteiger partial charge in [-0.25, -0.2) is 4.98 Å². The van der Waals surface area contributed by atoms with Gasteiger partial charge < -0.3 is 5.32 Å². The van der Waals surface area contributed by atoms with Crippen LogP contribution in [0.25, 0.3) is 11.3 Å². The van der Waals surface area contributed by atoms with Crippen LogP contribution in [0, 0.1) is 22.7 Å². The number of rotatable bonds is 3. The van der Waals surface area contributed by atoms with Crippen LogP contribution in [0.3, 0.4) is 0 Å². The van der Waals surface area contributed by atoms with E-state index in [4.69, 9.17) is 0 Å². The summed E-state index contributed by atoms with van der Waals surface area (Å²) >= 11 is 1.24. The van der Waals surface area contributed by atoms with Crippen molar-refractivity contribution < 1.29 is 4.79 Å². The molecular weight excluding hydrogens is 318 g/mol. The van der Waals surface area contributed by atoms with Crippen molar-refractivity contribution in [3.8, 4) is 17.3 Å². The van der Waals surface area contributed by atoms with Gasteiger partial charge in [-0.05, 0) is 31.6 Å². The molecule has 0 aliphatic heterocycles. The van der Waals surface area contributed by atoms with Crippen molar-refractivity contribution in [2.75, 3.05) is 5.32 Å². The lowest BCUT2D eigenvalue weighted by Gasteiger charge is -2.34. The second-order valence-electron chi connectivity index (χ2n) is 6.87. The number of hydrogen-bond donors (Lipinski definition) is 1. The summed E-state index contributed by atoms with van der Waals surface area (Å²) in [4.78, 5) is 17.7. The number of hydrogen-bond acceptors (Lipinski definition) is 4. The minimum Gasteiger partial charge on any atom is -0.301 e. The van der Waals surface area contributed by atoms with Gasteiger partial charge in [0.2, 0.25) is 5.91 Å². The number of nitrogens with one attached hydrogen (secondary N) is 1. The predicted octanol–water partition coefficient (Wildman–Crippen LogP) is 4.84. The average molecular weight is 339 g/mol. The first-order chi connectivity index (χ1) is 11.5. The Morgan fingerprint density at radius 3 is 2.62 bits per heavy atom. The number of carbonyl (C=O) groups is 1. The van der Waals surface area contributed by atoms with Crippen molar-refractivity contribution in [1.29, 1.82) is 5.26 Å². The van der Waals surface area contributed by atoms with Gasteiger partial charge in [0.25, 0.3) is 0 Å². The van der Waals surface area contributed by atoms with Crippen LogP contribution in [-0.2, 0) is 4.79 Å². The monoisotopic (exact) mass is 339 g/mol. The quantitative estimate of drug-likeness (QED) is 0.870. The maximum Gasteiger partial charge on any atom is 0.232 e. The Labute approximate surface area is 146 Å². The van der Waals surface area contributed by atoms with Gasteiger partial charge >= 0.3 is 0 Å². The van der Waals surface area contributed by atoms with Crippen molar-refractivity contribution in [2.24, 2.45) is 11.3 Å². The molecule has 0 bridgehead atoms. The molecule has 5 heteroatoms. The maximum absolute atomic E-state index is 12.7. The Morgan fingerprint density at radius 2 is 2.00 bits per heavy atom. The number of aromatic nitrogens is 1. The number of carbonyl (C=O) groups excluding carboxylic acids is 1. The molecule has 24 heavy (non-hydrogen) atoms. The van der Waals surface area contributed by atoms with Gasteiger partial charge in [-0.3, -0.25) is 4.79 Å². The molecule has 1 amide bonds. The zero-order chi connectivity index (χ0) is 17.2. The number of thiazole rings is 1. The number of nitriles is 1. The molecule has 1 aliphatic rings. The molecule has 1 aliphatic carbocycles. The molecular formula is C19H21N3OS. The highest BCUT2D eigenvalue weighted by Gasteiger charge is 2.37. The van der Waals surface area contributed by atoms with Crippen molar-refractivity contribution in [2.45, 2.75) is 39.5 Å². The molecule has 1 saturated carbocycles. The van der Waals surface area contributed by atoms with Crippen LogP contribution in [0.4, 0.5) is 5.13 Å². The summed E-state index contributed by atoms with van der Waals surface area (Å²) in [6.07, 6.45) is 3.98. The van der Waals surface area contributed by atoms with E-state index in [2.05, 4.69) is 23.3 Å². The molecule has 1 heterocycles. The molecule has 1 aromatic carbocycles. The van der Waals surface area contributed by atoms with Crippen LogP contribution < -0.4 is 5.32 Å². The van der Waals surface area contributed by atoms with Crippen molar-refractivity contribution >= 4 is 22.4 Å². The van der Waals surface area contributed by atoms with Gasteiger partial charge in [0.05, 0.1) is 0 Å². The lowest BCUT2D eigenvalue weighted by Crippen LogP contribution is -2.36. The van der Waals surface area contributed by atoms with E-state index in [9.17, 15) is 10.1 Å². The molecule has 3 rings (SSSR count). The highest BCUT2D eigenvalue weighted by Crippen LogP contribution is 2.40. The molecule has 4 nitrogen and oxygen atoms in total. The molecule has 124 valence electrons. The fourth-order valence-corrected chi connectivity index (χ4v) is 3.90. The third kappa shape index (κ3) is 3.34. The number of anilines is 1. The van der Waals surface area contributed by atoms with E-state index in [0.29, 0.717) is 21.6 Å². The van der Waals surface area contributed by atoms with Crippen LogP contribution >= 0.6 is 11.3 Å². The summed E-state index contributed by atoms with van der Waals surface area (Å²) in [5.41, 5.74) is 1.20. The fourth-order valence-electron chi connectivity index (χ4n) is 3.12. The lowest BCUT2D eigenvalue weighted by atomic mass is 9.71. The second kappa shape index (κ2) is 6.74. The maximum atomic E-state index is 12.7. The van der Waals surface area contributed by atoms with E-state index in [1.54, 1.807) is 0 Å². The molecule has 2 aromatic rings. The highest BCUT2D eigenvalue weighted by molar-refractivity contribution is 7.16. The van der Waals surface area contributed by atoms with Gasteiger partial charge in [-0.15, -0.1) is 0 Å². The van der Waals surface area contributed by atoms with Crippen molar-refractivity contribution in [1.82, 2.24) is 4.98 Å². The summed E-state index contributed by atoms with van der Waals surface area (Å²) in [5.74, 6) is 0.716. The van der Waals surface area contributed by atoms with Crippen molar-refractivity contribution in [3.05, 3.63) is 35.2 Å². The second-order valence-corrected chi connectivity index (χ2v) is 7.87. The van der Waals surface area contributed by atoms with Crippen LogP contribution in [0.2, 0.25) is 0 Å². The molecule has 1 N–H and O–H groups in total. The molecule has 1 aromatic heterocycles. The van der Waals surface area contributed by atoms with Gasteiger partial charge in [0.1, 0.15) is 16.6 Å². The van der Waals surface area contributed by atoms with E-state index in [0.717, 1.165) is 31.2 Å². The Kier molecular flexibility index (Phi) is 4.68. The third-order valence-corrected chi connectivity index (χ3v) is 5.80. The van der Waals surface area contributed by atoms with Gasteiger partial charge in [-0.1, -0.05) is 55.5 Å². The fraction of sp³-hybridized carbons (Fsp3) is 0.421. The number of benzene rings is 1. The molecule has 0 spiro atoms. The van der Waals surface area contributed by atoms with E-state index in [1.165, 1.54) is 11.3 Å². The number of nitrogens with zero attached hydrogens (tertiary/aromatic N) is 2. The first-order valence-corrected chi connectivity index (χ1v) is 9.11. The zero-order valence-electron chi connectivity index (χ0n) is 14.0. The van der Waals surface area contributed by atoms with E-state index >= 15 is 0 Å². The first-order valence-electron chi connectivity index (χ1n) is 8.29. The largest absolute Gasteiger partial charge is 0.301 e. The number of amides is 1. The van der Waals surface area contributed by atoms with Crippen LogP contribution in [0.15, 0.2) is 30.3 Å². The third-order valence-electron chi connectivity index (χ3n) is 4.92. The standard InChI is InChI=1S/C19H21N3OS/c1-13-8-10-19(2,11-9-13)17(23)22-18-21-16(15(12-20)24-18)14-6-4-3-5-7-14/h3-7,13H,8-11H2,1-2H3,(H,21,22,23). The highest BCUT2D eigenvalue weighted by atomic mass is 32.1. The summed E-state index contributed by atoms with van der Waals surface area (Å²) < 4.78 is 0. The van der Waals surface area contributed by atoms with E-state index in [1.807, 2.05) is 37.3 Å². The molecule has 0 unspecified atom stereocenters. The predicted molar refractivity (Wildman–Crippen MR) is 96.6 cm³/mol. The topological polar surface area (TPSA) is 65.8 Å². The van der Waals surface area contributed by atoms with Gasteiger partial charge in [0, 0.05) is 11.0 Å². The molecule has 0 atom stereocenters. The van der Waals surface area contributed by atoms with Crippen LogP contribution in [0.5, 0.6) is 0 Å². The van der Waals surface area contributed by atoms with Crippen molar-refractivity contribution in [3.63, 3.8) is 0 Å². The summed E-state index contributed by atoms with van der Waals surface area (Å²) in [6, 6.07) is 11.8. The first kappa shape index (κ1) is 16.7. The molecule has 1 fully saturated rings. The molecule has 0 radical (unpaired) electrons. The van der Waals surface area contributed by atoms with E-state index in [-0.39, 0.29) is 11.3 Å². The smallest absolute Gasteiger partial charge is 0.232 e. The van der Waals surface area contributed by atoms with Crippen LogP contribution in [0.1, 0.15) is 44.4 Å². The summed E-state index contributed by atoms with van der Waals surface area (Å²) in [5, 5.41) is 12.8. The Hall–Kier alpha value is -2.19. The van der Waals surface area contributed by atoms with Gasteiger partial charge in [0.15, 0.2) is 5.13 Å². The Morgan fingerprint density at radius 1 is 1.33 bits per heavy atom. The Bertz CT molecular complexity index is 768. The zero-order valence-corrected chi connectivity index (χ0v) is 14.8. The lowest BCUT2D eigenvalue weighted by molar-refractivity contribution is -0.126. The SMILES string of the molecule is CC1CCC(C)(C(=O)Nc2nc(-c3ccccc3)c(C#N)s2)CC1. The van der Waals surface area contributed by atoms with Gasteiger partial charge in [-0.2, -0.15) is 5.26 Å². The summed E-state index contributed by atoms with van der Waals surface area (Å²) in [7, 11) is 0. The minimum absolute atomic E-state index is 0.0206. The van der Waals surface area contributed by atoms with Crippen LogP contribution in [-0.4, -0.2) is 10.9 Å². The normalized spacial score (nSPS) is 23.5. The summed E-state index contributed by atoms with van der Waals surface area (Å²) in [6.45, 7) is 4.27. The average Bonchev–Trinajstić information content (AvgIpc) is 3.01. The minimum atomic E-state index is -0.335. The Balaban J connectivity index is 1.80. The van der Waals surface area contributed by atoms with E-state index < -0.39 is 0 Å².